The molecule has 6 heteroatoms. The van der Waals surface area contributed by atoms with Gasteiger partial charge in [-0.25, -0.2) is 0 Å². The number of hydrogen-bond donors (Lipinski definition) is 1. The van der Waals surface area contributed by atoms with E-state index in [-0.39, 0.29) is 18.6 Å². The van der Waals surface area contributed by atoms with Gasteiger partial charge in [0.2, 0.25) is 0 Å². The number of aliphatic carboxylic acids is 1. The number of carboxylic acids is 1. The Morgan fingerprint density at radius 3 is 2.91 bits per heavy atom. The fraction of sp³-hybridized carbons (Fsp3) is 0.500. The van der Waals surface area contributed by atoms with E-state index in [1.807, 2.05) is 31.2 Å². The molecule has 1 fully saturated rings. The van der Waals surface area contributed by atoms with E-state index in [9.17, 15) is 9.59 Å². The highest BCUT2D eigenvalue weighted by Crippen LogP contribution is 2.12. The maximum absolute atomic E-state index is 12.5. The summed E-state index contributed by atoms with van der Waals surface area (Å²) in [5.74, 6) is -0.871. The van der Waals surface area contributed by atoms with Crippen molar-refractivity contribution >= 4 is 11.9 Å². The van der Waals surface area contributed by atoms with Crippen molar-refractivity contribution in [3.8, 4) is 0 Å². The summed E-state index contributed by atoms with van der Waals surface area (Å²) in [5.41, 5.74) is 1.73. The Morgan fingerprint density at radius 1 is 1.45 bits per heavy atom. The summed E-state index contributed by atoms with van der Waals surface area (Å²) in [6, 6.07) is 7.53. The highest BCUT2D eigenvalue weighted by Gasteiger charge is 2.26. The van der Waals surface area contributed by atoms with E-state index in [0.717, 1.165) is 5.56 Å². The van der Waals surface area contributed by atoms with Crippen LogP contribution in [0.15, 0.2) is 24.3 Å². The van der Waals surface area contributed by atoms with Gasteiger partial charge in [0.1, 0.15) is 0 Å². The van der Waals surface area contributed by atoms with Crippen LogP contribution in [-0.4, -0.2) is 72.7 Å². The molecule has 0 aromatic heterocycles. The predicted molar refractivity (Wildman–Crippen MR) is 82.0 cm³/mol. The van der Waals surface area contributed by atoms with Crippen molar-refractivity contribution in [1.82, 2.24) is 9.80 Å². The molecule has 1 amide bonds. The monoisotopic (exact) mass is 306 g/mol. The highest BCUT2D eigenvalue weighted by molar-refractivity contribution is 5.94. The number of benzene rings is 1. The lowest BCUT2D eigenvalue weighted by Crippen LogP contribution is -2.49. The molecule has 1 aliphatic rings. The number of amides is 1. The van der Waals surface area contributed by atoms with Gasteiger partial charge in [-0.2, -0.15) is 0 Å². The molecule has 0 radical (unpaired) electrons. The normalized spacial score (nSPS) is 18.5. The number of carboxylic acid groups (broad SMARTS) is 1. The third-order valence-corrected chi connectivity index (χ3v) is 3.61. The Balaban J connectivity index is 1.95. The van der Waals surface area contributed by atoms with Gasteiger partial charge in [0.25, 0.3) is 5.91 Å². The molecule has 120 valence electrons. The first-order valence-electron chi connectivity index (χ1n) is 7.33. The molecule has 0 spiro atoms. The zero-order chi connectivity index (χ0) is 16.1. The Labute approximate surface area is 130 Å². The summed E-state index contributed by atoms with van der Waals surface area (Å²) < 4.78 is 5.64. The molecule has 2 rings (SSSR count). The number of hydrogen-bond acceptors (Lipinski definition) is 4. The summed E-state index contributed by atoms with van der Waals surface area (Å²) in [6.45, 7) is 3.93. The second-order valence-corrected chi connectivity index (χ2v) is 5.70. The van der Waals surface area contributed by atoms with Crippen LogP contribution in [0.3, 0.4) is 0 Å². The van der Waals surface area contributed by atoms with Gasteiger partial charge in [0.05, 0.1) is 19.3 Å². The zero-order valence-electron chi connectivity index (χ0n) is 13.0. The largest absolute Gasteiger partial charge is 0.480 e. The molecular formula is C16H22N2O4. The van der Waals surface area contributed by atoms with E-state index in [0.29, 0.717) is 31.8 Å². The molecule has 1 atom stereocenters. The van der Waals surface area contributed by atoms with E-state index in [4.69, 9.17) is 9.84 Å². The maximum atomic E-state index is 12.5. The first-order chi connectivity index (χ1) is 10.5. The van der Waals surface area contributed by atoms with Gasteiger partial charge in [-0.3, -0.25) is 14.5 Å². The number of ether oxygens (including phenoxy) is 1. The van der Waals surface area contributed by atoms with Gasteiger partial charge < -0.3 is 14.7 Å². The number of carbonyl (C=O) groups excluding carboxylic acids is 1. The predicted octanol–water partition coefficient (Wildman–Crippen LogP) is 0.852. The molecular weight excluding hydrogens is 284 g/mol. The Kier molecular flexibility index (Phi) is 5.51. The van der Waals surface area contributed by atoms with E-state index >= 15 is 0 Å². The summed E-state index contributed by atoms with van der Waals surface area (Å²) in [5, 5.41) is 8.78. The number of carbonyl (C=O) groups is 2. The first kappa shape index (κ1) is 16.5. The van der Waals surface area contributed by atoms with Crippen molar-refractivity contribution in [3.05, 3.63) is 35.4 Å². The second-order valence-electron chi connectivity index (χ2n) is 5.70. The van der Waals surface area contributed by atoms with Crippen LogP contribution >= 0.6 is 0 Å². The SMILES string of the molecule is Cc1cccc(C(=O)N2CCOC(CN(C)CC(=O)O)C2)c1. The quantitative estimate of drug-likeness (QED) is 0.873. The van der Waals surface area contributed by atoms with Crippen LogP contribution in [0.1, 0.15) is 15.9 Å². The van der Waals surface area contributed by atoms with Crippen molar-refractivity contribution in [3.63, 3.8) is 0 Å². The lowest BCUT2D eigenvalue weighted by molar-refractivity contribution is -0.138. The van der Waals surface area contributed by atoms with Crippen LogP contribution in [-0.2, 0) is 9.53 Å². The molecule has 22 heavy (non-hydrogen) atoms. The van der Waals surface area contributed by atoms with Crippen LogP contribution in [0.25, 0.3) is 0 Å². The third kappa shape index (κ3) is 4.54. The maximum Gasteiger partial charge on any atom is 0.317 e. The van der Waals surface area contributed by atoms with Crippen molar-refractivity contribution in [2.75, 3.05) is 39.8 Å². The van der Waals surface area contributed by atoms with E-state index in [1.54, 1.807) is 16.8 Å². The molecule has 0 saturated carbocycles. The molecule has 1 aromatic carbocycles. The first-order valence-corrected chi connectivity index (χ1v) is 7.33. The third-order valence-electron chi connectivity index (χ3n) is 3.61. The highest BCUT2D eigenvalue weighted by atomic mass is 16.5. The molecule has 1 unspecified atom stereocenters. The van der Waals surface area contributed by atoms with E-state index in [2.05, 4.69) is 0 Å². The number of rotatable bonds is 5. The summed E-state index contributed by atoms with van der Waals surface area (Å²) in [7, 11) is 1.73. The Hall–Kier alpha value is -1.92. The minimum atomic E-state index is -0.869. The fourth-order valence-electron chi connectivity index (χ4n) is 2.62. The number of nitrogens with zero attached hydrogens (tertiary/aromatic N) is 2. The topological polar surface area (TPSA) is 70.1 Å². The lowest BCUT2D eigenvalue weighted by Gasteiger charge is -2.34. The standard InChI is InChI=1S/C16H22N2O4/c1-12-4-3-5-13(8-12)16(21)18-6-7-22-14(10-18)9-17(2)11-15(19)20/h3-5,8,14H,6-7,9-11H2,1-2H3,(H,19,20). The molecule has 1 heterocycles. The van der Waals surface area contributed by atoms with Gasteiger partial charge in [-0.15, -0.1) is 0 Å². The number of morpholine rings is 1. The molecule has 1 N–H and O–H groups in total. The van der Waals surface area contributed by atoms with Crippen LogP contribution in [0.5, 0.6) is 0 Å². The molecule has 6 nitrogen and oxygen atoms in total. The van der Waals surface area contributed by atoms with Gasteiger partial charge >= 0.3 is 5.97 Å². The second kappa shape index (κ2) is 7.38. The van der Waals surface area contributed by atoms with E-state index in [1.165, 1.54) is 0 Å². The summed E-state index contributed by atoms with van der Waals surface area (Å²) >= 11 is 0. The Bertz CT molecular complexity index is 547. The van der Waals surface area contributed by atoms with Gasteiger partial charge in [-0.1, -0.05) is 17.7 Å². The van der Waals surface area contributed by atoms with Gasteiger partial charge in [-0.05, 0) is 26.1 Å². The van der Waals surface area contributed by atoms with Crippen molar-refractivity contribution < 1.29 is 19.4 Å². The lowest BCUT2D eigenvalue weighted by atomic mass is 10.1. The number of likely N-dealkylation sites (N-methyl/N-ethyl adjacent to an activating group) is 1. The smallest absolute Gasteiger partial charge is 0.317 e. The fourth-order valence-corrected chi connectivity index (χ4v) is 2.62. The van der Waals surface area contributed by atoms with Crippen molar-refractivity contribution in [1.29, 1.82) is 0 Å². The minimum absolute atomic E-state index is 0.00196. The van der Waals surface area contributed by atoms with Crippen molar-refractivity contribution in [2.45, 2.75) is 13.0 Å². The summed E-state index contributed by atoms with van der Waals surface area (Å²) in [6.07, 6.45) is -0.160. The van der Waals surface area contributed by atoms with Crippen molar-refractivity contribution in [2.24, 2.45) is 0 Å². The number of aryl methyl sites for hydroxylation is 1. The summed E-state index contributed by atoms with van der Waals surface area (Å²) in [4.78, 5) is 26.7. The zero-order valence-corrected chi connectivity index (χ0v) is 13.0. The molecule has 0 aliphatic carbocycles. The molecule has 0 bridgehead atoms. The van der Waals surface area contributed by atoms with Crippen LogP contribution < -0.4 is 0 Å². The molecule has 1 aromatic rings. The van der Waals surface area contributed by atoms with Crippen LogP contribution in [0.2, 0.25) is 0 Å². The minimum Gasteiger partial charge on any atom is -0.480 e. The van der Waals surface area contributed by atoms with Crippen LogP contribution in [0.4, 0.5) is 0 Å². The van der Waals surface area contributed by atoms with Gasteiger partial charge in [0, 0.05) is 25.2 Å². The Morgan fingerprint density at radius 2 is 2.23 bits per heavy atom. The molecule has 1 saturated heterocycles. The average Bonchev–Trinajstić information content (AvgIpc) is 2.45. The van der Waals surface area contributed by atoms with E-state index < -0.39 is 5.97 Å². The van der Waals surface area contributed by atoms with Crippen LogP contribution in [0, 0.1) is 6.92 Å². The average molecular weight is 306 g/mol. The molecule has 1 aliphatic heterocycles. The van der Waals surface area contributed by atoms with Gasteiger partial charge in [0.15, 0.2) is 0 Å².